The van der Waals surface area contributed by atoms with E-state index in [1.165, 1.54) is 0 Å². The van der Waals surface area contributed by atoms with Crippen LogP contribution in [0.5, 0.6) is 0 Å². The Bertz CT molecular complexity index is 3480. The number of aromatic nitrogens is 2. The molecule has 2 fully saturated rings. The Balaban J connectivity index is 0.854. The summed E-state index contributed by atoms with van der Waals surface area (Å²) < 4.78 is 15.3. The molecule has 8 aromatic carbocycles. The van der Waals surface area contributed by atoms with E-state index in [0.29, 0.717) is 35.6 Å². The van der Waals surface area contributed by atoms with Crippen LogP contribution in [0.3, 0.4) is 0 Å². The fourth-order valence-corrected chi connectivity index (χ4v) is 15.3. The molecule has 8 nitrogen and oxygen atoms in total. The molecule has 2 aromatic heterocycles. The number of fused-ring (bicyclic) bond motifs is 4. The Morgan fingerprint density at radius 3 is 0.974 bits per heavy atom. The minimum Gasteiger partial charge on any atom is -0.402 e. The normalized spacial score (nSPS) is 16.4. The summed E-state index contributed by atoms with van der Waals surface area (Å²) in [6.45, 7) is 14.6. The maximum absolute atomic E-state index is 15.1. The fraction of sp³-hybridized carbons (Fsp3) is 0.235. The zero-order chi connectivity index (χ0) is 53.8. The molecule has 10 aromatic rings. The van der Waals surface area contributed by atoms with Crippen LogP contribution in [-0.2, 0) is 20.1 Å². The molecule has 12 rings (SSSR count). The molecule has 0 saturated carbocycles. The summed E-state index contributed by atoms with van der Waals surface area (Å²) in [5.41, 5.74) is 4.48. The van der Waals surface area contributed by atoms with E-state index in [0.717, 1.165) is 91.0 Å². The number of carbonyl (C=O) groups is 2. The first kappa shape index (κ1) is 51.2. The Hall–Kier alpha value is -7.61. The van der Waals surface area contributed by atoms with Crippen molar-refractivity contribution >= 4 is 71.5 Å². The average Bonchev–Trinajstić information content (AvgIpc) is 4.31. The Morgan fingerprint density at radius 1 is 0.410 bits per heavy atom. The van der Waals surface area contributed by atoms with Crippen molar-refractivity contribution in [1.82, 2.24) is 19.8 Å². The van der Waals surface area contributed by atoms with Crippen molar-refractivity contribution < 1.29 is 18.4 Å². The summed E-state index contributed by atoms with van der Waals surface area (Å²) in [4.78, 5) is 44.0. The number of carbonyl (C=O) groups excluding carboxylic acids is 2. The predicted molar refractivity (Wildman–Crippen MR) is 322 cm³/mol. The van der Waals surface area contributed by atoms with Gasteiger partial charge in [0.05, 0.1) is 34.6 Å². The van der Waals surface area contributed by atoms with Gasteiger partial charge in [-0.25, -0.2) is 0 Å². The molecule has 2 atom stereocenters. The van der Waals surface area contributed by atoms with Gasteiger partial charge in [-0.2, -0.15) is 0 Å². The smallest absolute Gasteiger partial charge is 0.255 e. The maximum atomic E-state index is 15.1. The number of nitrogens with zero attached hydrogens (tertiary/aromatic N) is 4. The van der Waals surface area contributed by atoms with Crippen LogP contribution >= 0.6 is 0 Å². The van der Waals surface area contributed by atoms with E-state index in [1.54, 1.807) is 12.4 Å². The molecule has 390 valence electrons. The minimum atomic E-state index is -2.32. The lowest BCUT2D eigenvalue weighted by Gasteiger charge is -2.47. The number of rotatable bonds is 13. The van der Waals surface area contributed by atoms with Gasteiger partial charge < -0.3 is 18.7 Å². The van der Waals surface area contributed by atoms with Gasteiger partial charge in [0.15, 0.2) is 16.6 Å². The Morgan fingerprint density at radius 2 is 0.705 bits per heavy atom. The standard InChI is InChI=1S/C68H66N4O4Si2/c1-77(2,3)75-67(57-33-27-47-17-7-11-21-51(47)41-57,58-34-28-48-18-8-12-22-52(48)42-58)63-25-15-39-71(63)65(73)55-31-37-61(69-45-55)62-38-32-56(46-70-62)66(74)72-40-16-26-64(72)68(76-78(4,5)6,59-35-29-49-19-9-13-23-53(49)43-59)60-36-30-50-20-10-14-24-54(50)44-60/h7-14,17-24,27-38,41-46,63-64H,15-16,25-26,39-40H2,1-6H3/t63-,64-/m0/s1. The first-order chi connectivity index (χ1) is 37.7. The molecule has 0 aliphatic carbocycles. The van der Waals surface area contributed by atoms with E-state index in [4.69, 9.17) is 18.8 Å². The Kier molecular flexibility index (Phi) is 13.3. The van der Waals surface area contributed by atoms with Crippen LogP contribution in [0.1, 0.15) is 68.7 Å². The third-order valence-electron chi connectivity index (χ3n) is 15.9. The number of likely N-dealkylation sites (tertiary alicyclic amines) is 2. The zero-order valence-electron chi connectivity index (χ0n) is 45.4. The van der Waals surface area contributed by atoms with Gasteiger partial charge in [-0.1, -0.05) is 146 Å². The van der Waals surface area contributed by atoms with Gasteiger partial charge in [0.1, 0.15) is 11.2 Å². The maximum Gasteiger partial charge on any atom is 0.255 e. The number of pyridine rings is 2. The van der Waals surface area contributed by atoms with E-state index >= 15 is 9.59 Å². The zero-order valence-corrected chi connectivity index (χ0v) is 47.4. The molecule has 4 heterocycles. The van der Waals surface area contributed by atoms with E-state index in [1.807, 2.05) is 34.1 Å². The van der Waals surface area contributed by atoms with Crippen LogP contribution in [0, 0.1) is 0 Å². The monoisotopic (exact) mass is 1060 g/mol. The average molecular weight is 1060 g/mol. The van der Waals surface area contributed by atoms with Gasteiger partial charge in [0.2, 0.25) is 0 Å². The molecular formula is C68H66N4O4Si2. The van der Waals surface area contributed by atoms with E-state index < -0.39 is 27.8 Å². The van der Waals surface area contributed by atoms with E-state index in [9.17, 15) is 0 Å². The predicted octanol–water partition coefficient (Wildman–Crippen LogP) is 15.6. The molecule has 2 amide bonds. The lowest BCUT2D eigenvalue weighted by atomic mass is 9.77. The quantitative estimate of drug-likeness (QED) is 0.107. The van der Waals surface area contributed by atoms with Crippen LogP contribution in [0.15, 0.2) is 207 Å². The highest BCUT2D eigenvalue weighted by Gasteiger charge is 2.53. The van der Waals surface area contributed by atoms with Gasteiger partial charge >= 0.3 is 0 Å². The second-order valence-corrected chi connectivity index (χ2v) is 32.2. The van der Waals surface area contributed by atoms with Crippen molar-refractivity contribution in [3.8, 4) is 11.4 Å². The lowest BCUT2D eigenvalue weighted by molar-refractivity contribution is 0.0126. The van der Waals surface area contributed by atoms with Crippen LogP contribution in [0.4, 0.5) is 0 Å². The molecular weight excluding hydrogens is 993 g/mol. The van der Waals surface area contributed by atoms with Crippen molar-refractivity contribution in [3.63, 3.8) is 0 Å². The molecule has 0 N–H and O–H groups in total. The van der Waals surface area contributed by atoms with Crippen molar-refractivity contribution in [2.75, 3.05) is 13.1 Å². The number of hydrogen-bond acceptors (Lipinski definition) is 6. The first-order valence-electron chi connectivity index (χ1n) is 27.6. The minimum absolute atomic E-state index is 0.0858. The van der Waals surface area contributed by atoms with Crippen LogP contribution in [0.25, 0.3) is 54.5 Å². The summed E-state index contributed by atoms with van der Waals surface area (Å²) in [5.74, 6) is -0.172. The molecule has 2 aliphatic rings. The van der Waals surface area contributed by atoms with Gasteiger partial charge in [-0.05, 0) is 179 Å². The third kappa shape index (κ3) is 9.55. The summed E-state index contributed by atoms with van der Waals surface area (Å²) in [5, 5.41) is 9.14. The molecule has 2 saturated heterocycles. The van der Waals surface area contributed by atoms with Crippen LogP contribution in [0.2, 0.25) is 39.3 Å². The highest BCUT2D eigenvalue weighted by molar-refractivity contribution is 6.70. The number of amides is 2. The Labute approximate surface area is 460 Å². The highest BCUT2D eigenvalue weighted by atomic mass is 28.4. The first-order valence-corrected chi connectivity index (χ1v) is 34.4. The molecule has 0 radical (unpaired) electrons. The van der Waals surface area contributed by atoms with Gasteiger partial charge in [0, 0.05) is 25.5 Å². The molecule has 0 unspecified atom stereocenters. The molecule has 0 bridgehead atoms. The summed E-state index contributed by atoms with van der Waals surface area (Å²) in [6, 6.07) is 67.3. The fourth-order valence-electron chi connectivity index (χ4n) is 12.7. The largest absolute Gasteiger partial charge is 0.402 e. The van der Waals surface area contributed by atoms with Crippen LogP contribution in [-0.4, -0.2) is 73.4 Å². The molecule has 10 heteroatoms. The SMILES string of the molecule is C[Si](C)(C)OC(c1ccc2ccccc2c1)(c1ccc2ccccc2c1)[C@@H]1CCCN1C(=O)c1ccc(-c2ccc(C(=O)N3CCC[C@H]3C(O[Si](C)(C)C)(c3ccc4ccccc4c3)c3ccc4ccccc4c3)cn2)nc1. The number of hydrogen-bond donors (Lipinski definition) is 0. The molecule has 78 heavy (non-hydrogen) atoms. The van der Waals surface area contributed by atoms with Gasteiger partial charge in [0.25, 0.3) is 11.8 Å². The summed E-state index contributed by atoms with van der Waals surface area (Å²) >= 11 is 0. The van der Waals surface area contributed by atoms with Gasteiger partial charge in [-0.3, -0.25) is 19.6 Å². The van der Waals surface area contributed by atoms with Gasteiger partial charge in [-0.15, -0.1) is 0 Å². The third-order valence-corrected chi connectivity index (χ3v) is 17.8. The van der Waals surface area contributed by atoms with Crippen molar-refractivity contribution in [2.45, 2.75) is 88.3 Å². The lowest BCUT2D eigenvalue weighted by Crippen LogP contribution is -2.55. The highest BCUT2D eigenvalue weighted by Crippen LogP contribution is 2.49. The van der Waals surface area contributed by atoms with E-state index in [-0.39, 0.29) is 23.9 Å². The molecule has 2 aliphatic heterocycles. The summed E-state index contributed by atoms with van der Waals surface area (Å²) in [6.07, 6.45) is 6.57. The second kappa shape index (κ2) is 20.3. The van der Waals surface area contributed by atoms with Crippen molar-refractivity contribution in [2.24, 2.45) is 0 Å². The van der Waals surface area contributed by atoms with Crippen molar-refractivity contribution in [3.05, 3.63) is 240 Å². The molecule has 0 spiro atoms. The second-order valence-electron chi connectivity index (χ2n) is 23.3. The number of benzene rings is 8. The van der Waals surface area contributed by atoms with E-state index in [2.05, 4.69) is 209 Å². The van der Waals surface area contributed by atoms with Crippen LogP contribution < -0.4 is 0 Å². The summed E-state index contributed by atoms with van der Waals surface area (Å²) in [7, 11) is -4.64. The topological polar surface area (TPSA) is 84.9 Å². The van der Waals surface area contributed by atoms with Crippen molar-refractivity contribution in [1.29, 1.82) is 0 Å².